The van der Waals surface area contributed by atoms with Crippen LogP contribution >= 0.6 is 0 Å². The van der Waals surface area contributed by atoms with Crippen LogP contribution in [0.4, 0.5) is 10.5 Å². The van der Waals surface area contributed by atoms with Crippen LogP contribution in [-0.2, 0) is 6.54 Å². The Morgan fingerprint density at radius 2 is 1.88 bits per heavy atom. The largest absolute Gasteiger partial charge is 0.493 e. The lowest BCUT2D eigenvalue weighted by Gasteiger charge is -2.13. The molecule has 2 N–H and O–H groups in total. The third-order valence-electron chi connectivity index (χ3n) is 3.47. The number of amides is 2. The maximum Gasteiger partial charge on any atom is 0.319 e. The fraction of sp³-hybridized carbons (Fsp3) is 0.316. The molecule has 0 aliphatic heterocycles. The quantitative estimate of drug-likeness (QED) is 0.714. The predicted octanol–water partition coefficient (Wildman–Crippen LogP) is 4.20. The van der Waals surface area contributed by atoms with Crippen molar-refractivity contribution in [3.63, 3.8) is 0 Å². The van der Waals surface area contributed by atoms with E-state index in [0.29, 0.717) is 18.9 Å². The number of hydrogen-bond donors (Lipinski definition) is 2. The van der Waals surface area contributed by atoms with Crippen molar-refractivity contribution < 1.29 is 14.3 Å². The first-order chi connectivity index (χ1) is 11.7. The maximum atomic E-state index is 11.9. The van der Waals surface area contributed by atoms with E-state index in [-0.39, 0.29) is 6.03 Å². The van der Waals surface area contributed by atoms with Crippen molar-refractivity contribution in [2.45, 2.75) is 26.3 Å². The van der Waals surface area contributed by atoms with E-state index in [1.807, 2.05) is 48.5 Å². The van der Waals surface area contributed by atoms with Crippen LogP contribution in [-0.4, -0.2) is 19.7 Å². The van der Waals surface area contributed by atoms with Crippen LogP contribution in [0, 0.1) is 0 Å². The molecule has 0 atom stereocenters. The van der Waals surface area contributed by atoms with Crippen LogP contribution in [0.2, 0.25) is 0 Å². The van der Waals surface area contributed by atoms with Gasteiger partial charge in [-0.25, -0.2) is 4.79 Å². The van der Waals surface area contributed by atoms with Crippen LogP contribution < -0.4 is 20.1 Å². The Morgan fingerprint density at radius 3 is 2.58 bits per heavy atom. The van der Waals surface area contributed by atoms with E-state index in [1.165, 1.54) is 0 Å². The third-order valence-corrected chi connectivity index (χ3v) is 3.47. The van der Waals surface area contributed by atoms with Crippen molar-refractivity contribution in [2.24, 2.45) is 0 Å². The van der Waals surface area contributed by atoms with Crippen molar-refractivity contribution in [1.82, 2.24) is 5.32 Å². The molecule has 2 amide bonds. The van der Waals surface area contributed by atoms with Gasteiger partial charge in [-0.2, -0.15) is 0 Å². The van der Waals surface area contributed by atoms with Crippen LogP contribution in [0.5, 0.6) is 11.5 Å². The number of anilines is 1. The van der Waals surface area contributed by atoms with Gasteiger partial charge in [0.15, 0.2) is 11.5 Å². The van der Waals surface area contributed by atoms with E-state index in [2.05, 4.69) is 17.6 Å². The highest BCUT2D eigenvalue weighted by Gasteiger charge is 2.07. The Bertz CT molecular complexity index is 644. The number of methoxy groups -OCH3 is 1. The lowest BCUT2D eigenvalue weighted by Crippen LogP contribution is -2.28. The van der Waals surface area contributed by atoms with Gasteiger partial charge in [0.25, 0.3) is 0 Å². The fourth-order valence-electron chi connectivity index (χ4n) is 2.15. The lowest BCUT2D eigenvalue weighted by molar-refractivity contribution is 0.251. The molecular formula is C19H24N2O3. The molecule has 0 aliphatic carbocycles. The second kappa shape index (κ2) is 9.45. The van der Waals surface area contributed by atoms with Crippen molar-refractivity contribution in [3.05, 3.63) is 54.1 Å². The Kier molecular flexibility index (Phi) is 6.95. The van der Waals surface area contributed by atoms with E-state index in [4.69, 9.17) is 9.47 Å². The minimum absolute atomic E-state index is 0.247. The van der Waals surface area contributed by atoms with Gasteiger partial charge in [-0.1, -0.05) is 37.6 Å². The normalized spacial score (nSPS) is 10.1. The van der Waals surface area contributed by atoms with Crippen molar-refractivity contribution >= 4 is 11.7 Å². The first-order valence-corrected chi connectivity index (χ1v) is 8.12. The van der Waals surface area contributed by atoms with Crippen molar-refractivity contribution in [3.8, 4) is 11.5 Å². The van der Waals surface area contributed by atoms with Gasteiger partial charge in [0.2, 0.25) is 0 Å². The molecule has 0 saturated heterocycles. The smallest absolute Gasteiger partial charge is 0.319 e. The van der Waals surface area contributed by atoms with Gasteiger partial charge < -0.3 is 20.1 Å². The van der Waals surface area contributed by atoms with Crippen LogP contribution in [0.1, 0.15) is 25.3 Å². The first-order valence-electron chi connectivity index (χ1n) is 8.12. The van der Waals surface area contributed by atoms with E-state index >= 15 is 0 Å². The molecule has 0 spiro atoms. The van der Waals surface area contributed by atoms with E-state index in [0.717, 1.165) is 29.8 Å². The summed E-state index contributed by atoms with van der Waals surface area (Å²) in [5.74, 6) is 1.40. The number of benzene rings is 2. The summed E-state index contributed by atoms with van der Waals surface area (Å²) in [6.07, 6.45) is 2.09. The Balaban J connectivity index is 1.89. The number of nitrogens with one attached hydrogen (secondary N) is 2. The van der Waals surface area contributed by atoms with E-state index in [1.54, 1.807) is 7.11 Å². The van der Waals surface area contributed by atoms with Crippen LogP contribution in [0.25, 0.3) is 0 Å². The molecule has 0 bridgehead atoms. The van der Waals surface area contributed by atoms with Gasteiger partial charge in [-0.15, -0.1) is 0 Å². The monoisotopic (exact) mass is 328 g/mol. The summed E-state index contributed by atoms with van der Waals surface area (Å²) in [4.78, 5) is 11.9. The molecule has 24 heavy (non-hydrogen) atoms. The Hall–Kier alpha value is -2.69. The summed E-state index contributed by atoms with van der Waals surface area (Å²) < 4.78 is 11.1. The second-order valence-corrected chi connectivity index (χ2v) is 5.36. The fourth-order valence-corrected chi connectivity index (χ4v) is 2.15. The highest BCUT2D eigenvalue weighted by molar-refractivity contribution is 5.89. The highest BCUT2D eigenvalue weighted by atomic mass is 16.5. The molecular weight excluding hydrogens is 304 g/mol. The van der Waals surface area contributed by atoms with Gasteiger partial charge >= 0.3 is 6.03 Å². The zero-order valence-electron chi connectivity index (χ0n) is 14.2. The molecule has 0 unspecified atom stereocenters. The molecule has 0 aromatic heterocycles. The second-order valence-electron chi connectivity index (χ2n) is 5.36. The molecule has 2 rings (SSSR count). The minimum atomic E-state index is -0.247. The van der Waals surface area contributed by atoms with E-state index < -0.39 is 0 Å². The van der Waals surface area contributed by atoms with Gasteiger partial charge in [-0.3, -0.25) is 0 Å². The number of carbonyl (C=O) groups is 1. The summed E-state index contributed by atoms with van der Waals surface area (Å²) in [6, 6.07) is 14.8. The SMILES string of the molecule is CCCCOc1ccc(CNC(=O)Nc2ccccc2)cc1OC. The summed E-state index contributed by atoms with van der Waals surface area (Å²) in [6.45, 7) is 3.20. The van der Waals surface area contributed by atoms with Crippen LogP contribution in [0.3, 0.4) is 0 Å². The summed E-state index contributed by atoms with van der Waals surface area (Å²) in [7, 11) is 1.61. The molecule has 5 nitrogen and oxygen atoms in total. The van der Waals surface area contributed by atoms with Gasteiger partial charge in [0, 0.05) is 12.2 Å². The average Bonchev–Trinajstić information content (AvgIpc) is 2.61. The average molecular weight is 328 g/mol. The molecule has 0 aliphatic rings. The standard InChI is InChI=1S/C19H24N2O3/c1-3-4-12-24-17-11-10-15(13-18(17)23-2)14-20-19(22)21-16-8-6-5-7-9-16/h5-11,13H,3-4,12,14H2,1-2H3,(H2,20,21,22). The van der Waals surface area contributed by atoms with E-state index in [9.17, 15) is 4.79 Å². The first kappa shape index (κ1) is 17.7. The number of rotatable bonds is 8. The number of hydrogen-bond acceptors (Lipinski definition) is 3. The number of carbonyl (C=O) groups excluding carboxylic acids is 1. The predicted molar refractivity (Wildman–Crippen MR) is 95.7 cm³/mol. The highest BCUT2D eigenvalue weighted by Crippen LogP contribution is 2.28. The molecule has 2 aromatic carbocycles. The van der Waals surface area contributed by atoms with Crippen molar-refractivity contribution in [2.75, 3.05) is 19.0 Å². The number of para-hydroxylation sites is 1. The minimum Gasteiger partial charge on any atom is -0.493 e. The number of unbranched alkanes of at least 4 members (excludes halogenated alkanes) is 1. The van der Waals surface area contributed by atoms with Gasteiger partial charge in [0.1, 0.15) is 0 Å². The zero-order valence-corrected chi connectivity index (χ0v) is 14.2. The zero-order chi connectivity index (χ0) is 17.2. The maximum absolute atomic E-state index is 11.9. The third kappa shape index (κ3) is 5.50. The molecule has 128 valence electrons. The molecule has 2 aromatic rings. The summed E-state index contributed by atoms with van der Waals surface area (Å²) >= 11 is 0. The number of urea groups is 1. The van der Waals surface area contributed by atoms with Crippen molar-refractivity contribution in [1.29, 1.82) is 0 Å². The molecule has 0 saturated carbocycles. The van der Waals surface area contributed by atoms with Gasteiger partial charge in [-0.05, 0) is 36.2 Å². The topological polar surface area (TPSA) is 59.6 Å². The molecule has 0 heterocycles. The van der Waals surface area contributed by atoms with Crippen LogP contribution in [0.15, 0.2) is 48.5 Å². The molecule has 0 radical (unpaired) electrons. The Morgan fingerprint density at radius 1 is 1.08 bits per heavy atom. The summed E-state index contributed by atoms with van der Waals surface area (Å²) in [5.41, 5.74) is 1.70. The molecule has 5 heteroatoms. The Labute approximate surface area is 143 Å². The molecule has 0 fully saturated rings. The summed E-state index contributed by atoms with van der Waals surface area (Å²) in [5, 5.41) is 5.60. The lowest BCUT2D eigenvalue weighted by atomic mass is 10.2. The number of ether oxygens (including phenoxy) is 2. The van der Waals surface area contributed by atoms with Gasteiger partial charge in [0.05, 0.1) is 13.7 Å².